The lowest BCUT2D eigenvalue weighted by atomic mass is 10.1. The van der Waals surface area contributed by atoms with Crippen LogP contribution < -0.4 is 0 Å². The first-order valence-corrected chi connectivity index (χ1v) is 10.4. The second kappa shape index (κ2) is 8.64. The summed E-state index contributed by atoms with van der Waals surface area (Å²) in [6.45, 7) is 1.89. The number of Topliss-reactive ketones (excluding diaryl/α,β-unsaturated/α-hetero) is 1. The summed E-state index contributed by atoms with van der Waals surface area (Å²) in [7, 11) is 0. The van der Waals surface area contributed by atoms with E-state index >= 15 is 0 Å². The highest BCUT2D eigenvalue weighted by molar-refractivity contribution is 8.00. The van der Waals surface area contributed by atoms with Crippen LogP contribution in [0.4, 0.5) is 0 Å². The average Bonchev–Trinajstić information content (AvgIpc) is 3.18. The monoisotopic (exact) mass is 419 g/mol. The van der Waals surface area contributed by atoms with Gasteiger partial charge < -0.3 is 0 Å². The molecule has 0 aliphatic heterocycles. The van der Waals surface area contributed by atoms with Crippen molar-refractivity contribution in [2.75, 3.05) is 0 Å². The first-order chi connectivity index (χ1) is 14.1. The number of hydrogen-bond acceptors (Lipinski definition) is 4. The van der Waals surface area contributed by atoms with E-state index in [1.807, 2.05) is 96.4 Å². The van der Waals surface area contributed by atoms with E-state index < -0.39 is 0 Å². The van der Waals surface area contributed by atoms with Crippen LogP contribution in [0.2, 0.25) is 5.02 Å². The molecule has 0 radical (unpaired) electrons. The molecule has 0 N–H and O–H groups in total. The van der Waals surface area contributed by atoms with Gasteiger partial charge in [0.25, 0.3) is 0 Å². The van der Waals surface area contributed by atoms with E-state index in [2.05, 4.69) is 10.2 Å². The minimum absolute atomic E-state index is 0.0579. The third kappa shape index (κ3) is 4.26. The topological polar surface area (TPSA) is 47.8 Å². The molecule has 0 spiro atoms. The van der Waals surface area contributed by atoms with Crippen LogP contribution in [-0.2, 0) is 0 Å². The Balaban J connectivity index is 1.72. The maximum atomic E-state index is 12.8. The molecule has 3 aromatic carbocycles. The molecule has 1 aromatic heterocycles. The zero-order valence-electron chi connectivity index (χ0n) is 15.7. The molecule has 4 rings (SSSR count). The van der Waals surface area contributed by atoms with Crippen molar-refractivity contribution in [1.82, 2.24) is 14.8 Å². The summed E-state index contributed by atoms with van der Waals surface area (Å²) in [5.74, 6) is 0.775. The summed E-state index contributed by atoms with van der Waals surface area (Å²) in [4.78, 5) is 12.8. The smallest absolute Gasteiger partial charge is 0.196 e. The Morgan fingerprint density at radius 1 is 0.897 bits per heavy atom. The normalized spacial score (nSPS) is 11.9. The Morgan fingerprint density at radius 2 is 1.52 bits per heavy atom. The zero-order chi connectivity index (χ0) is 20.2. The molecule has 0 saturated carbocycles. The Bertz CT molecular complexity index is 1110. The molecule has 0 fully saturated rings. The van der Waals surface area contributed by atoms with Gasteiger partial charge in [0.2, 0.25) is 0 Å². The first-order valence-electron chi connectivity index (χ1n) is 9.16. The van der Waals surface area contributed by atoms with E-state index in [1.54, 1.807) is 0 Å². The van der Waals surface area contributed by atoms with Gasteiger partial charge in [0.15, 0.2) is 16.8 Å². The van der Waals surface area contributed by atoms with Crippen LogP contribution in [0, 0.1) is 0 Å². The summed E-state index contributed by atoms with van der Waals surface area (Å²) in [6, 6.07) is 26.7. The van der Waals surface area contributed by atoms with Crippen molar-refractivity contribution in [3.63, 3.8) is 0 Å². The summed E-state index contributed by atoms with van der Waals surface area (Å²) in [5.41, 5.74) is 2.53. The lowest BCUT2D eigenvalue weighted by Crippen LogP contribution is -2.14. The second-order valence-electron chi connectivity index (χ2n) is 6.47. The molecule has 0 amide bonds. The van der Waals surface area contributed by atoms with Crippen molar-refractivity contribution in [1.29, 1.82) is 0 Å². The Morgan fingerprint density at radius 3 is 2.17 bits per heavy atom. The van der Waals surface area contributed by atoms with Gasteiger partial charge in [-0.05, 0) is 31.2 Å². The third-order valence-electron chi connectivity index (χ3n) is 4.46. The van der Waals surface area contributed by atoms with Gasteiger partial charge in [-0.25, -0.2) is 0 Å². The van der Waals surface area contributed by atoms with Gasteiger partial charge in [-0.1, -0.05) is 84.0 Å². The predicted octanol–water partition coefficient (Wildman–Crippen LogP) is 5.95. The average molecular weight is 420 g/mol. The molecule has 144 valence electrons. The standard InChI is InChI=1S/C23H18ClN3OS/c1-16(21(28)17-8-4-2-5-9-17)29-23-26-25-22(18-10-6-3-7-11-18)27(23)20-14-12-19(24)13-15-20/h2-16H,1H3. The molecule has 4 aromatic rings. The SMILES string of the molecule is CC(Sc1nnc(-c2ccccc2)n1-c1ccc(Cl)cc1)C(=O)c1ccccc1. The molecule has 1 heterocycles. The summed E-state index contributed by atoms with van der Waals surface area (Å²) >= 11 is 7.47. The van der Waals surface area contributed by atoms with Gasteiger partial charge in [-0.3, -0.25) is 9.36 Å². The molecule has 1 unspecified atom stereocenters. The van der Waals surface area contributed by atoms with Crippen molar-refractivity contribution >= 4 is 29.1 Å². The molecule has 0 aliphatic carbocycles. The third-order valence-corrected chi connectivity index (χ3v) is 5.75. The highest BCUT2D eigenvalue weighted by Gasteiger charge is 2.22. The van der Waals surface area contributed by atoms with E-state index in [-0.39, 0.29) is 11.0 Å². The lowest BCUT2D eigenvalue weighted by Gasteiger charge is -2.13. The number of thioether (sulfide) groups is 1. The van der Waals surface area contributed by atoms with Crippen molar-refractivity contribution in [3.05, 3.63) is 95.5 Å². The molecular formula is C23H18ClN3OS. The van der Waals surface area contributed by atoms with Crippen LogP contribution >= 0.6 is 23.4 Å². The van der Waals surface area contributed by atoms with Crippen LogP contribution in [-0.4, -0.2) is 25.8 Å². The van der Waals surface area contributed by atoms with Gasteiger partial charge in [0.1, 0.15) is 0 Å². The number of hydrogen-bond donors (Lipinski definition) is 0. The van der Waals surface area contributed by atoms with Crippen LogP contribution in [0.3, 0.4) is 0 Å². The summed E-state index contributed by atoms with van der Waals surface area (Å²) < 4.78 is 1.96. The molecule has 6 heteroatoms. The van der Waals surface area contributed by atoms with Gasteiger partial charge in [-0.15, -0.1) is 10.2 Å². The maximum Gasteiger partial charge on any atom is 0.196 e. The Hall–Kier alpha value is -2.89. The predicted molar refractivity (Wildman–Crippen MR) is 118 cm³/mol. The van der Waals surface area contributed by atoms with Crippen LogP contribution in [0.15, 0.2) is 90.1 Å². The Labute approximate surface area is 178 Å². The van der Waals surface area contributed by atoms with Crippen molar-refractivity contribution in [2.45, 2.75) is 17.3 Å². The second-order valence-corrected chi connectivity index (χ2v) is 8.22. The van der Waals surface area contributed by atoms with Gasteiger partial charge >= 0.3 is 0 Å². The quantitative estimate of drug-likeness (QED) is 0.286. The maximum absolute atomic E-state index is 12.8. The van der Waals surface area contributed by atoms with E-state index in [0.717, 1.165) is 17.1 Å². The van der Waals surface area contributed by atoms with Gasteiger partial charge in [0, 0.05) is 21.8 Å². The van der Waals surface area contributed by atoms with Crippen LogP contribution in [0.25, 0.3) is 17.1 Å². The van der Waals surface area contributed by atoms with Gasteiger partial charge in [0.05, 0.1) is 5.25 Å². The number of aromatic nitrogens is 3. The highest BCUT2D eigenvalue weighted by atomic mass is 35.5. The number of ketones is 1. The first kappa shape index (κ1) is 19.4. The van der Waals surface area contributed by atoms with Crippen molar-refractivity contribution in [3.8, 4) is 17.1 Å². The molecular weight excluding hydrogens is 402 g/mol. The van der Waals surface area contributed by atoms with E-state index in [9.17, 15) is 4.79 Å². The number of nitrogens with zero attached hydrogens (tertiary/aromatic N) is 3. The molecule has 1 atom stereocenters. The van der Waals surface area contributed by atoms with E-state index in [4.69, 9.17) is 11.6 Å². The Kier molecular flexibility index (Phi) is 5.79. The van der Waals surface area contributed by atoms with Gasteiger partial charge in [-0.2, -0.15) is 0 Å². The number of halogens is 1. The summed E-state index contributed by atoms with van der Waals surface area (Å²) in [5, 5.41) is 9.82. The highest BCUT2D eigenvalue weighted by Crippen LogP contribution is 2.31. The number of rotatable bonds is 6. The van der Waals surface area contributed by atoms with Crippen LogP contribution in [0.5, 0.6) is 0 Å². The minimum Gasteiger partial charge on any atom is -0.293 e. The van der Waals surface area contributed by atoms with Crippen molar-refractivity contribution < 1.29 is 4.79 Å². The molecule has 4 nitrogen and oxygen atoms in total. The largest absolute Gasteiger partial charge is 0.293 e. The van der Waals surface area contributed by atoms with E-state index in [0.29, 0.717) is 15.7 Å². The molecule has 0 aliphatic rings. The number of carbonyl (C=O) groups is 1. The fourth-order valence-corrected chi connectivity index (χ4v) is 4.06. The fraction of sp³-hybridized carbons (Fsp3) is 0.0870. The zero-order valence-corrected chi connectivity index (χ0v) is 17.3. The molecule has 29 heavy (non-hydrogen) atoms. The molecule has 0 bridgehead atoms. The number of carbonyl (C=O) groups excluding carboxylic acids is 1. The minimum atomic E-state index is -0.309. The molecule has 0 saturated heterocycles. The van der Waals surface area contributed by atoms with E-state index in [1.165, 1.54) is 11.8 Å². The van der Waals surface area contributed by atoms with Crippen LogP contribution in [0.1, 0.15) is 17.3 Å². The van der Waals surface area contributed by atoms with Crippen molar-refractivity contribution in [2.24, 2.45) is 0 Å². The number of benzene rings is 3. The lowest BCUT2D eigenvalue weighted by molar-refractivity contribution is 0.0994. The fourth-order valence-electron chi connectivity index (χ4n) is 2.99. The summed E-state index contributed by atoms with van der Waals surface area (Å²) in [6.07, 6.45) is 0.